The molecule has 0 atom stereocenters. The lowest BCUT2D eigenvalue weighted by molar-refractivity contribution is -0.134. The summed E-state index contributed by atoms with van der Waals surface area (Å²) in [7, 11) is 1.77. The Morgan fingerprint density at radius 3 is 2.90 bits per heavy atom. The van der Waals surface area contributed by atoms with Crippen molar-refractivity contribution in [1.29, 1.82) is 0 Å². The Bertz CT molecular complexity index is 569. The van der Waals surface area contributed by atoms with Crippen molar-refractivity contribution in [1.82, 2.24) is 15.2 Å². The third-order valence-electron chi connectivity index (χ3n) is 4.01. The molecule has 0 unspecified atom stereocenters. The minimum absolute atomic E-state index is 0.154. The van der Waals surface area contributed by atoms with Gasteiger partial charge in [0.05, 0.1) is 6.54 Å². The number of imide groups is 1. The summed E-state index contributed by atoms with van der Waals surface area (Å²) in [5, 5.41) is 5.78. The lowest BCUT2D eigenvalue weighted by Crippen LogP contribution is -2.51. The second kappa shape index (κ2) is 5.33. The van der Waals surface area contributed by atoms with Crippen molar-refractivity contribution in [3.8, 4) is 0 Å². The van der Waals surface area contributed by atoms with E-state index in [4.69, 9.17) is 4.74 Å². The lowest BCUT2D eigenvalue weighted by atomic mass is 9.90. The molecule has 3 amide bonds. The highest BCUT2D eigenvalue weighted by atomic mass is 16.5. The van der Waals surface area contributed by atoms with Gasteiger partial charge in [-0.1, -0.05) is 0 Å². The maximum atomic E-state index is 12.6. The summed E-state index contributed by atoms with van der Waals surface area (Å²) in [6, 6.07) is 3.30. The molecule has 0 bridgehead atoms. The first kappa shape index (κ1) is 13.8. The molecule has 1 spiro atoms. The second-order valence-corrected chi connectivity index (χ2v) is 5.32. The monoisotopic (exact) mass is 290 g/mol. The largest absolute Gasteiger partial charge is 0.381 e. The molecule has 7 heteroatoms. The number of nitrogens with zero attached hydrogens (tertiary/aromatic N) is 2. The molecule has 0 saturated carbocycles. The van der Waals surface area contributed by atoms with Gasteiger partial charge >= 0.3 is 6.03 Å². The number of hydrogen-bond donors (Lipinski definition) is 2. The van der Waals surface area contributed by atoms with Crippen molar-refractivity contribution in [2.24, 2.45) is 0 Å². The number of urea groups is 1. The van der Waals surface area contributed by atoms with Crippen molar-refractivity contribution in [3.63, 3.8) is 0 Å². The van der Waals surface area contributed by atoms with Crippen LogP contribution in [0.4, 0.5) is 10.6 Å². The van der Waals surface area contributed by atoms with Gasteiger partial charge in [0, 0.05) is 39.3 Å². The number of amides is 3. The summed E-state index contributed by atoms with van der Waals surface area (Å²) in [5.41, 5.74) is 0.0933. The number of aromatic nitrogens is 1. The predicted octanol–water partition coefficient (Wildman–Crippen LogP) is 0.724. The fraction of sp³-hybridized carbons (Fsp3) is 0.500. The van der Waals surface area contributed by atoms with E-state index in [0.29, 0.717) is 31.9 Å². The summed E-state index contributed by atoms with van der Waals surface area (Å²) in [5.74, 6) is 0.555. The summed E-state index contributed by atoms with van der Waals surface area (Å²) in [6.07, 6.45) is 2.72. The molecule has 0 radical (unpaired) electrons. The van der Waals surface area contributed by atoms with Crippen LogP contribution in [0.25, 0.3) is 0 Å². The van der Waals surface area contributed by atoms with Crippen LogP contribution in [0.1, 0.15) is 18.4 Å². The molecule has 1 aromatic rings. The molecule has 2 aliphatic heterocycles. The van der Waals surface area contributed by atoms with Gasteiger partial charge in [-0.3, -0.25) is 9.69 Å². The van der Waals surface area contributed by atoms with E-state index in [2.05, 4.69) is 15.6 Å². The molecular formula is C14H18N4O3. The first-order chi connectivity index (χ1) is 10.1. The van der Waals surface area contributed by atoms with Crippen molar-refractivity contribution >= 4 is 17.8 Å². The normalized spacial score (nSPS) is 20.7. The van der Waals surface area contributed by atoms with Gasteiger partial charge in [0.15, 0.2) is 0 Å². The average Bonchev–Trinajstić information content (AvgIpc) is 2.73. The molecule has 2 N–H and O–H groups in total. The third-order valence-corrected chi connectivity index (χ3v) is 4.01. The van der Waals surface area contributed by atoms with E-state index in [9.17, 15) is 9.59 Å². The van der Waals surface area contributed by atoms with Crippen molar-refractivity contribution < 1.29 is 14.3 Å². The van der Waals surface area contributed by atoms with Crippen molar-refractivity contribution in [2.75, 3.05) is 25.6 Å². The molecule has 2 aliphatic rings. The zero-order valence-corrected chi connectivity index (χ0v) is 11.9. The maximum absolute atomic E-state index is 12.6. The average molecular weight is 290 g/mol. The molecule has 0 aliphatic carbocycles. The van der Waals surface area contributed by atoms with Crippen LogP contribution in [-0.4, -0.2) is 47.6 Å². The zero-order valence-electron chi connectivity index (χ0n) is 11.9. The summed E-state index contributed by atoms with van der Waals surface area (Å²) >= 11 is 0. The van der Waals surface area contributed by atoms with Gasteiger partial charge < -0.3 is 15.4 Å². The number of pyridine rings is 1. The number of rotatable bonds is 3. The van der Waals surface area contributed by atoms with E-state index in [1.807, 2.05) is 6.07 Å². The van der Waals surface area contributed by atoms with E-state index < -0.39 is 5.54 Å². The SMILES string of the molecule is CNc1cc(CN2C(=O)NC3(CCOCC3)C2=O)ccn1. The Morgan fingerprint density at radius 1 is 1.43 bits per heavy atom. The number of nitrogens with one attached hydrogen (secondary N) is 2. The van der Waals surface area contributed by atoms with Crippen LogP contribution in [0.15, 0.2) is 18.3 Å². The summed E-state index contributed by atoms with van der Waals surface area (Å²) in [6.45, 7) is 1.25. The fourth-order valence-corrected chi connectivity index (χ4v) is 2.77. The second-order valence-electron chi connectivity index (χ2n) is 5.32. The molecule has 112 valence electrons. The molecule has 3 heterocycles. The first-order valence-corrected chi connectivity index (χ1v) is 6.99. The van der Waals surface area contributed by atoms with E-state index in [0.717, 1.165) is 5.56 Å². The minimum atomic E-state index is -0.770. The van der Waals surface area contributed by atoms with Crippen LogP contribution in [0.5, 0.6) is 0 Å². The molecule has 0 aromatic carbocycles. The van der Waals surface area contributed by atoms with Gasteiger partial charge in [-0.05, 0) is 17.7 Å². The van der Waals surface area contributed by atoms with Gasteiger partial charge in [-0.2, -0.15) is 0 Å². The van der Waals surface area contributed by atoms with Crippen LogP contribution in [0.3, 0.4) is 0 Å². The van der Waals surface area contributed by atoms with Crippen LogP contribution >= 0.6 is 0 Å². The van der Waals surface area contributed by atoms with Gasteiger partial charge in [-0.15, -0.1) is 0 Å². The van der Waals surface area contributed by atoms with Gasteiger partial charge in [-0.25, -0.2) is 9.78 Å². The first-order valence-electron chi connectivity index (χ1n) is 6.99. The highest BCUT2D eigenvalue weighted by Gasteiger charge is 2.51. The lowest BCUT2D eigenvalue weighted by Gasteiger charge is -2.30. The zero-order chi connectivity index (χ0) is 14.9. The van der Waals surface area contributed by atoms with E-state index in [1.165, 1.54) is 4.90 Å². The van der Waals surface area contributed by atoms with Gasteiger partial charge in [0.25, 0.3) is 5.91 Å². The van der Waals surface area contributed by atoms with Crippen molar-refractivity contribution in [2.45, 2.75) is 24.9 Å². The number of ether oxygens (including phenoxy) is 1. The number of anilines is 1. The smallest absolute Gasteiger partial charge is 0.325 e. The molecule has 2 saturated heterocycles. The van der Waals surface area contributed by atoms with E-state index >= 15 is 0 Å². The molecule has 2 fully saturated rings. The Hall–Kier alpha value is -2.15. The van der Waals surface area contributed by atoms with Crippen LogP contribution in [-0.2, 0) is 16.1 Å². The van der Waals surface area contributed by atoms with Crippen molar-refractivity contribution in [3.05, 3.63) is 23.9 Å². The Morgan fingerprint density at radius 2 is 2.19 bits per heavy atom. The predicted molar refractivity (Wildman–Crippen MR) is 75.6 cm³/mol. The number of carbonyl (C=O) groups is 2. The number of carbonyl (C=O) groups excluding carboxylic acids is 2. The van der Waals surface area contributed by atoms with Crippen LogP contribution in [0.2, 0.25) is 0 Å². The van der Waals surface area contributed by atoms with E-state index in [1.54, 1.807) is 19.3 Å². The fourth-order valence-electron chi connectivity index (χ4n) is 2.77. The molecule has 1 aromatic heterocycles. The summed E-state index contributed by atoms with van der Waals surface area (Å²) in [4.78, 5) is 30.1. The standard InChI is InChI=1S/C14H18N4O3/c1-15-11-8-10(2-5-16-11)9-18-12(19)14(17-13(18)20)3-6-21-7-4-14/h2,5,8H,3-4,6-7,9H2,1H3,(H,15,16)(H,17,20). The van der Waals surface area contributed by atoms with Crippen LogP contribution in [0, 0.1) is 0 Å². The topological polar surface area (TPSA) is 83.6 Å². The highest BCUT2D eigenvalue weighted by molar-refractivity contribution is 6.07. The molecule has 3 rings (SSSR count). The summed E-state index contributed by atoms with van der Waals surface area (Å²) < 4.78 is 5.28. The molecule has 7 nitrogen and oxygen atoms in total. The van der Waals surface area contributed by atoms with Gasteiger partial charge in [0.2, 0.25) is 0 Å². The van der Waals surface area contributed by atoms with Crippen LogP contribution < -0.4 is 10.6 Å². The quantitative estimate of drug-likeness (QED) is 0.802. The Kier molecular flexibility index (Phi) is 3.50. The molecule has 21 heavy (non-hydrogen) atoms. The minimum Gasteiger partial charge on any atom is -0.381 e. The number of hydrogen-bond acceptors (Lipinski definition) is 5. The highest BCUT2D eigenvalue weighted by Crippen LogP contribution is 2.29. The molecular weight excluding hydrogens is 272 g/mol. The third kappa shape index (κ3) is 2.44. The Balaban J connectivity index is 1.79. The Labute approximate surface area is 122 Å². The van der Waals surface area contributed by atoms with Gasteiger partial charge in [0.1, 0.15) is 11.4 Å². The van der Waals surface area contributed by atoms with E-state index in [-0.39, 0.29) is 18.5 Å². The maximum Gasteiger partial charge on any atom is 0.325 e.